The van der Waals surface area contributed by atoms with E-state index in [1.165, 1.54) is 14.9 Å². The second kappa shape index (κ2) is 8.74. The summed E-state index contributed by atoms with van der Waals surface area (Å²) in [6.45, 7) is 0.891. The molecule has 0 saturated carbocycles. The van der Waals surface area contributed by atoms with Crippen molar-refractivity contribution in [1.82, 2.24) is 14.2 Å². The first kappa shape index (κ1) is 22.0. The molecule has 1 amide bonds. The highest BCUT2D eigenvalue weighted by Crippen LogP contribution is 2.27. The van der Waals surface area contributed by atoms with Gasteiger partial charge in [0.05, 0.1) is 15.1 Å². The third-order valence-corrected chi connectivity index (χ3v) is 8.90. The molecule has 7 nitrogen and oxygen atoms in total. The number of fused-ring (bicyclic) bond motifs is 1. The van der Waals surface area contributed by atoms with Crippen molar-refractivity contribution in [2.75, 3.05) is 13.1 Å². The first-order valence-corrected chi connectivity index (χ1v) is 12.5. The molecule has 1 aromatic heterocycles. The van der Waals surface area contributed by atoms with Gasteiger partial charge >= 0.3 is 4.87 Å². The molecule has 2 aromatic carbocycles. The Morgan fingerprint density at radius 3 is 2.61 bits per heavy atom. The van der Waals surface area contributed by atoms with Crippen molar-refractivity contribution >= 4 is 49.1 Å². The van der Waals surface area contributed by atoms with E-state index in [1.54, 1.807) is 25.2 Å². The Morgan fingerprint density at radius 1 is 1.19 bits per heavy atom. The minimum Gasteiger partial charge on any atom is -0.352 e. The Bertz CT molecular complexity index is 1290. The zero-order chi connectivity index (χ0) is 22.2. The van der Waals surface area contributed by atoms with Crippen molar-refractivity contribution in [2.24, 2.45) is 13.0 Å². The van der Waals surface area contributed by atoms with Gasteiger partial charge in [-0.1, -0.05) is 41.1 Å². The van der Waals surface area contributed by atoms with Crippen LogP contribution in [0.15, 0.2) is 52.2 Å². The molecule has 164 valence electrons. The van der Waals surface area contributed by atoms with Crippen molar-refractivity contribution < 1.29 is 13.2 Å². The van der Waals surface area contributed by atoms with Crippen molar-refractivity contribution in [3.8, 4) is 0 Å². The lowest BCUT2D eigenvalue weighted by Gasteiger charge is -2.30. The van der Waals surface area contributed by atoms with Gasteiger partial charge in [0.25, 0.3) is 0 Å². The first-order chi connectivity index (χ1) is 14.8. The normalized spacial score (nSPS) is 15.9. The van der Waals surface area contributed by atoms with Crippen LogP contribution in [-0.2, 0) is 28.4 Å². The van der Waals surface area contributed by atoms with Crippen LogP contribution >= 0.6 is 22.9 Å². The number of benzene rings is 2. The number of carbonyl (C=O) groups is 1. The maximum atomic E-state index is 13.1. The number of hydrogen-bond acceptors (Lipinski definition) is 5. The SMILES string of the molecule is Cn1c(=O)sc2cc(S(=O)(=O)N3CCC(C(=O)NCc4ccccc4Cl)CC3)ccc21. The number of nitrogens with zero attached hydrogens (tertiary/aromatic N) is 2. The number of thiazole rings is 1. The fourth-order valence-corrected chi connectivity index (χ4v) is 6.44. The number of nitrogens with one attached hydrogen (secondary N) is 1. The Balaban J connectivity index is 1.40. The minimum atomic E-state index is -3.69. The van der Waals surface area contributed by atoms with Gasteiger partial charge in [-0.15, -0.1) is 0 Å². The van der Waals surface area contributed by atoms with E-state index in [1.807, 2.05) is 18.2 Å². The molecule has 1 saturated heterocycles. The smallest absolute Gasteiger partial charge is 0.307 e. The van der Waals surface area contributed by atoms with Gasteiger partial charge in [-0.25, -0.2) is 8.42 Å². The van der Waals surface area contributed by atoms with Gasteiger partial charge in [-0.2, -0.15) is 4.31 Å². The zero-order valence-electron chi connectivity index (χ0n) is 16.9. The largest absolute Gasteiger partial charge is 0.352 e. The topological polar surface area (TPSA) is 88.5 Å². The van der Waals surface area contributed by atoms with Gasteiger partial charge in [0.15, 0.2) is 0 Å². The number of aryl methyl sites for hydroxylation is 1. The van der Waals surface area contributed by atoms with E-state index in [0.717, 1.165) is 16.9 Å². The molecule has 0 spiro atoms. The molecule has 0 atom stereocenters. The Kier molecular flexibility index (Phi) is 6.20. The molecule has 3 aromatic rings. The Morgan fingerprint density at radius 2 is 1.90 bits per heavy atom. The Hall–Kier alpha value is -2.20. The highest BCUT2D eigenvalue weighted by molar-refractivity contribution is 7.89. The summed E-state index contributed by atoms with van der Waals surface area (Å²) in [6.07, 6.45) is 0.906. The van der Waals surface area contributed by atoms with Gasteiger partial charge < -0.3 is 9.88 Å². The average Bonchev–Trinajstić information content (AvgIpc) is 3.06. The van der Waals surface area contributed by atoms with Gasteiger partial charge in [-0.05, 0) is 42.7 Å². The number of hydrogen-bond donors (Lipinski definition) is 1. The van der Waals surface area contributed by atoms with Gasteiger partial charge in [0.2, 0.25) is 15.9 Å². The molecule has 31 heavy (non-hydrogen) atoms. The molecule has 0 bridgehead atoms. The minimum absolute atomic E-state index is 0.0903. The van der Waals surface area contributed by atoms with Crippen LogP contribution in [0.3, 0.4) is 0 Å². The fourth-order valence-electron chi connectivity index (χ4n) is 3.75. The fraction of sp³-hybridized carbons (Fsp3) is 0.333. The van der Waals surface area contributed by atoms with E-state index in [-0.39, 0.29) is 34.7 Å². The lowest BCUT2D eigenvalue weighted by molar-refractivity contribution is -0.126. The number of rotatable bonds is 5. The molecular weight excluding hydrogens is 458 g/mol. The van der Waals surface area contributed by atoms with Crippen molar-refractivity contribution in [2.45, 2.75) is 24.3 Å². The standard InChI is InChI=1S/C21H22ClN3O4S2/c1-24-18-7-6-16(12-19(18)30-21(24)27)31(28,29)25-10-8-14(9-11-25)20(26)23-13-15-4-2-3-5-17(15)22/h2-7,12,14H,8-11,13H2,1H3,(H,23,26). The molecule has 1 aliphatic heterocycles. The number of sulfonamides is 1. The average molecular weight is 480 g/mol. The summed E-state index contributed by atoms with van der Waals surface area (Å²) >= 11 is 7.15. The summed E-state index contributed by atoms with van der Waals surface area (Å²) in [5.41, 5.74) is 1.55. The van der Waals surface area contributed by atoms with Crippen LogP contribution in [0, 0.1) is 5.92 Å². The van der Waals surface area contributed by atoms with E-state index in [9.17, 15) is 18.0 Å². The molecule has 0 radical (unpaired) electrons. The number of aromatic nitrogens is 1. The van der Waals surface area contributed by atoms with Crippen LogP contribution < -0.4 is 10.2 Å². The molecule has 10 heteroatoms. The maximum absolute atomic E-state index is 13.1. The predicted molar refractivity (Wildman–Crippen MR) is 122 cm³/mol. The summed E-state index contributed by atoms with van der Waals surface area (Å²) in [4.78, 5) is 24.4. The lowest BCUT2D eigenvalue weighted by atomic mass is 9.97. The Labute approximate surface area is 189 Å². The van der Waals surface area contributed by atoms with Gasteiger partial charge in [0, 0.05) is 37.6 Å². The molecule has 4 rings (SSSR count). The predicted octanol–water partition coefficient (Wildman–Crippen LogP) is 2.97. The summed E-state index contributed by atoms with van der Waals surface area (Å²) in [5.74, 6) is -0.330. The molecule has 1 N–H and O–H groups in total. The van der Waals surface area contributed by atoms with E-state index < -0.39 is 10.0 Å². The number of piperidine rings is 1. The summed E-state index contributed by atoms with van der Waals surface area (Å²) < 4.78 is 29.7. The quantitative estimate of drug-likeness (QED) is 0.609. The van der Waals surface area contributed by atoms with Crippen LogP contribution in [-0.4, -0.2) is 36.3 Å². The summed E-state index contributed by atoms with van der Waals surface area (Å²) in [5, 5.41) is 3.50. The molecule has 1 fully saturated rings. The lowest BCUT2D eigenvalue weighted by Crippen LogP contribution is -2.42. The second-order valence-corrected chi connectivity index (χ2v) is 10.9. The van der Waals surface area contributed by atoms with Crippen molar-refractivity contribution in [1.29, 1.82) is 0 Å². The van der Waals surface area contributed by atoms with Gasteiger partial charge in [-0.3, -0.25) is 9.59 Å². The number of halogens is 1. The van der Waals surface area contributed by atoms with Gasteiger partial charge in [0.1, 0.15) is 0 Å². The molecular formula is C21H22ClN3O4S2. The first-order valence-electron chi connectivity index (χ1n) is 9.88. The van der Waals surface area contributed by atoms with Crippen LogP contribution in [0.2, 0.25) is 5.02 Å². The van der Waals surface area contributed by atoms with E-state index in [2.05, 4.69) is 5.32 Å². The highest BCUT2D eigenvalue weighted by atomic mass is 35.5. The van der Waals surface area contributed by atoms with Crippen LogP contribution in [0.4, 0.5) is 0 Å². The summed E-state index contributed by atoms with van der Waals surface area (Å²) in [6, 6.07) is 12.1. The summed E-state index contributed by atoms with van der Waals surface area (Å²) in [7, 11) is -2.02. The maximum Gasteiger partial charge on any atom is 0.307 e. The number of carbonyl (C=O) groups excluding carboxylic acids is 1. The molecule has 1 aliphatic rings. The van der Waals surface area contributed by atoms with E-state index in [4.69, 9.17) is 11.6 Å². The van der Waals surface area contributed by atoms with E-state index >= 15 is 0 Å². The zero-order valence-corrected chi connectivity index (χ0v) is 19.3. The van der Waals surface area contributed by atoms with Crippen LogP contribution in [0.25, 0.3) is 10.2 Å². The van der Waals surface area contributed by atoms with Crippen LogP contribution in [0.1, 0.15) is 18.4 Å². The second-order valence-electron chi connectivity index (χ2n) is 7.54. The number of amides is 1. The van der Waals surface area contributed by atoms with Crippen LogP contribution in [0.5, 0.6) is 0 Å². The third kappa shape index (κ3) is 4.41. The van der Waals surface area contributed by atoms with Crippen molar-refractivity contribution in [3.63, 3.8) is 0 Å². The van der Waals surface area contributed by atoms with E-state index in [0.29, 0.717) is 34.6 Å². The van der Waals surface area contributed by atoms with Crippen molar-refractivity contribution in [3.05, 3.63) is 62.7 Å². The molecule has 0 aliphatic carbocycles. The monoisotopic (exact) mass is 479 g/mol. The highest BCUT2D eigenvalue weighted by Gasteiger charge is 2.32. The molecule has 0 unspecified atom stereocenters. The third-order valence-electron chi connectivity index (χ3n) is 5.64. The molecule has 2 heterocycles.